The quantitative estimate of drug-likeness (QED) is 0.504. The molecule has 2 saturated carbocycles. The summed E-state index contributed by atoms with van der Waals surface area (Å²) < 4.78 is 5.17. The number of ketones is 2. The first-order chi connectivity index (χ1) is 13.3. The van der Waals surface area contributed by atoms with Crippen molar-refractivity contribution in [1.82, 2.24) is 0 Å². The zero-order valence-electron chi connectivity index (χ0n) is 17.0. The van der Waals surface area contributed by atoms with E-state index >= 15 is 0 Å². The monoisotopic (exact) mass is 380 g/mol. The van der Waals surface area contributed by atoms with Gasteiger partial charge in [0.15, 0.2) is 0 Å². The Bertz CT molecular complexity index is 919. The Morgan fingerprint density at radius 2 is 1.89 bits per heavy atom. The predicted molar refractivity (Wildman–Crippen MR) is 104 cm³/mol. The van der Waals surface area contributed by atoms with E-state index in [1.165, 1.54) is 12.7 Å². The normalized spacial score (nSPS) is 41.6. The fraction of sp³-hybridized carbons (Fsp3) is 0.625. The number of ether oxygens (including phenoxy) is 1. The zero-order valence-corrected chi connectivity index (χ0v) is 17.0. The van der Waals surface area contributed by atoms with Crippen molar-refractivity contribution in [3.8, 4) is 0 Å². The molecule has 0 saturated heterocycles. The molecule has 0 radical (unpaired) electrons. The molecule has 5 aliphatic rings. The molecule has 5 rings (SSSR count). The van der Waals surface area contributed by atoms with Crippen LogP contribution in [0.15, 0.2) is 34.4 Å². The number of carbonyl (C=O) groups is 3. The average molecular weight is 380 g/mol. The van der Waals surface area contributed by atoms with E-state index in [1.54, 1.807) is 0 Å². The second kappa shape index (κ2) is 5.55. The minimum Gasteiger partial charge on any atom is -0.468 e. The number of rotatable bonds is 1. The lowest BCUT2D eigenvalue weighted by Gasteiger charge is -2.51. The van der Waals surface area contributed by atoms with Crippen LogP contribution in [0.3, 0.4) is 0 Å². The summed E-state index contributed by atoms with van der Waals surface area (Å²) in [5, 5.41) is 0. The summed E-state index contributed by atoms with van der Waals surface area (Å²) in [6, 6.07) is 0. The molecule has 0 aliphatic heterocycles. The molecule has 1 unspecified atom stereocenters. The molecule has 0 amide bonds. The SMILES string of the molecule is COC(=O)[C@@H]1C=C2CC(=O)CCC2(C)C2=C1C1=CC[C@@]3(C)CCC(=O)[C@@]13CC2. The van der Waals surface area contributed by atoms with Crippen LogP contribution >= 0.6 is 0 Å². The Balaban J connectivity index is 1.72. The predicted octanol–water partition coefficient (Wildman–Crippen LogP) is 4.25. The summed E-state index contributed by atoms with van der Waals surface area (Å²) in [6.07, 6.45) is 10.2. The van der Waals surface area contributed by atoms with Gasteiger partial charge in [-0.15, -0.1) is 0 Å². The highest BCUT2D eigenvalue weighted by Gasteiger charge is 2.65. The Morgan fingerprint density at radius 1 is 1.11 bits per heavy atom. The summed E-state index contributed by atoms with van der Waals surface area (Å²) in [6.45, 7) is 4.49. The van der Waals surface area contributed by atoms with Crippen LogP contribution in [0.5, 0.6) is 0 Å². The molecule has 0 aromatic rings. The molecule has 0 heterocycles. The standard InChI is InChI=1S/C24H28O4/c1-22-8-5-18-20-16(21(27)28-3)13-14-12-15(25)4-10-23(14,2)17(20)6-11-24(18,22)19(26)7-9-22/h5,13,16H,4,6-12H2,1-3H3/t16-,22+,23?,24-/m1/s1. The van der Waals surface area contributed by atoms with Crippen LogP contribution in [-0.4, -0.2) is 24.6 Å². The maximum atomic E-state index is 13.2. The maximum absolute atomic E-state index is 13.2. The fourth-order valence-corrected chi connectivity index (χ4v) is 7.09. The summed E-state index contributed by atoms with van der Waals surface area (Å²) in [7, 11) is 1.42. The highest BCUT2D eigenvalue weighted by Crippen LogP contribution is 2.70. The third-order valence-electron chi connectivity index (χ3n) is 8.79. The van der Waals surface area contributed by atoms with Crippen molar-refractivity contribution in [3.63, 3.8) is 0 Å². The van der Waals surface area contributed by atoms with Gasteiger partial charge in [-0.05, 0) is 48.7 Å². The second-order valence-corrected chi connectivity index (χ2v) is 9.84. The van der Waals surface area contributed by atoms with E-state index < -0.39 is 11.3 Å². The molecule has 5 aliphatic carbocycles. The van der Waals surface area contributed by atoms with Gasteiger partial charge in [0.2, 0.25) is 0 Å². The van der Waals surface area contributed by atoms with Crippen molar-refractivity contribution in [2.75, 3.05) is 7.11 Å². The number of allylic oxidation sites excluding steroid dienone is 4. The summed E-state index contributed by atoms with van der Waals surface area (Å²) in [5.74, 6) is -0.166. The van der Waals surface area contributed by atoms with Crippen LogP contribution in [-0.2, 0) is 19.1 Å². The Kier molecular flexibility index (Phi) is 3.58. The van der Waals surface area contributed by atoms with E-state index in [4.69, 9.17) is 4.74 Å². The van der Waals surface area contributed by atoms with Gasteiger partial charge in [-0.2, -0.15) is 0 Å². The smallest absolute Gasteiger partial charge is 0.317 e. The van der Waals surface area contributed by atoms with Crippen LogP contribution < -0.4 is 0 Å². The number of methoxy groups -OCH3 is 1. The van der Waals surface area contributed by atoms with E-state index in [1.807, 2.05) is 6.08 Å². The Labute approximate surface area is 166 Å². The van der Waals surface area contributed by atoms with E-state index in [0.717, 1.165) is 48.8 Å². The molecule has 28 heavy (non-hydrogen) atoms. The Morgan fingerprint density at radius 3 is 2.64 bits per heavy atom. The topological polar surface area (TPSA) is 60.4 Å². The molecule has 148 valence electrons. The molecule has 4 nitrogen and oxygen atoms in total. The van der Waals surface area contributed by atoms with Gasteiger partial charge in [0.05, 0.1) is 12.5 Å². The van der Waals surface area contributed by atoms with Crippen LogP contribution in [0.25, 0.3) is 0 Å². The first-order valence-corrected chi connectivity index (χ1v) is 10.6. The van der Waals surface area contributed by atoms with Crippen LogP contribution in [0.4, 0.5) is 0 Å². The lowest BCUT2D eigenvalue weighted by Crippen LogP contribution is -2.46. The van der Waals surface area contributed by atoms with Gasteiger partial charge >= 0.3 is 5.97 Å². The lowest BCUT2D eigenvalue weighted by atomic mass is 9.51. The molecule has 4 atom stereocenters. The van der Waals surface area contributed by atoms with Gasteiger partial charge in [-0.25, -0.2) is 0 Å². The van der Waals surface area contributed by atoms with E-state index in [9.17, 15) is 14.4 Å². The molecular formula is C24H28O4. The van der Waals surface area contributed by atoms with E-state index in [2.05, 4.69) is 19.9 Å². The largest absolute Gasteiger partial charge is 0.468 e. The van der Waals surface area contributed by atoms with Crippen molar-refractivity contribution in [2.24, 2.45) is 22.2 Å². The third-order valence-corrected chi connectivity index (χ3v) is 8.79. The minimum atomic E-state index is -0.492. The number of esters is 1. The van der Waals surface area contributed by atoms with E-state index in [-0.39, 0.29) is 22.6 Å². The Hall–Kier alpha value is -1.97. The fourth-order valence-electron chi connectivity index (χ4n) is 7.09. The zero-order chi connectivity index (χ0) is 19.9. The van der Waals surface area contributed by atoms with Gasteiger partial charge in [-0.1, -0.05) is 37.1 Å². The highest BCUT2D eigenvalue weighted by atomic mass is 16.5. The number of hydrogen-bond acceptors (Lipinski definition) is 4. The first kappa shape index (κ1) is 18.1. The number of Topliss-reactive ketones (excluding diaryl/α,β-unsaturated/α-hetero) is 2. The molecule has 0 N–H and O–H groups in total. The molecule has 0 aromatic carbocycles. The third kappa shape index (κ3) is 1.94. The summed E-state index contributed by atoms with van der Waals surface area (Å²) >= 11 is 0. The van der Waals surface area contributed by atoms with Gasteiger partial charge in [0.1, 0.15) is 17.5 Å². The molecule has 0 bridgehead atoms. The second-order valence-electron chi connectivity index (χ2n) is 9.84. The molecule has 1 spiro atoms. The van der Waals surface area contributed by atoms with Crippen molar-refractivity contribution < 1.29 is 19.1 Å². The summed E-state index contributed by atoms with van der Waals surface area (Å²) in [5.41, 5.74) is 3.91. The van der Waals surface area contributed by atoms with Crippen LogP contribution in [0.1, 0.15) is 65.2 Å². The highest BCUT2D eigenvalue weighted by molar-refractivity contribution is 5.96. The molecule has 4 heteroatoms. The molecule has 0 aromatic heterocycles. The summed E-state index contributed by atoms with van der Waals surface area (Å²) in [4.78, 5) is 38.2. The average Bonchev–Trinajstić information content (AvgIpc) is 3.11. The number of fused-ring (bicyclic) bond motifs is 3. The van der Waals surface area contributed by atoms with E-state index in [0.29, 0.717) is 25.0 Å². The minimum absolute atomic E-state index is 0.0218. The van der Waals surface area contributed by atoms with Gasteiger partial charge in [0.25, 0.3) is 0 Å². The maximum Gasteiger partial charge on any atom is 0.317 e. The first-order valence-electron chi connectivity index (χ1n) is 10.6. The van der Waals surface area contributed by atoms with Crippen molar-refractivity contribution >= 4 is 17.5 Å². The van der Waals surface area contributed by atoms with Crippen molar-refractivity contribution in [3.05, 3.63) is 34.4 Å². The van der Waals surface area contributed by atoms with Gasteiger partial charge in [-0.3, -0.25) is 14.4 Å². The van der Waals surface area contributed by atoms with Crippen molar-refractivity contribution in [1.29, 1.82) is 0 Å². The van der Waals surface area contributed by atoms with Crippen LogP contribution in [0.2, 0.25) is 0 Å². The molecule has 2 fully saturated rings. The van der Waals surface area contributed by atoms with Crippen LogP contribution in [0, 0.1) is 22.2 Å². The number of hydrogen-bond donors (Lipinski definition) is 0. The lowest BCUT2D eigenvalue weighted by molar-refractivity contribution is -0.143. The van der Waals surface area contributed by atoms with Gasteiger partial charge < -0.3 is 4.74 Å². The van der Waals surface area contributed by atoms with Crippen molar-refractivity contribution in [2.45, 2.75) is 65.2 Å². The number of carbonyl (C=O) groups excluding carboxylic acids is 3. The molecular weight excluding hydrogens is 352 g/mol. The van der Waals surface area contributed by atoms with Gasteiger partial charge in [0, 0.05) is 24.7 Å².